The van der Waals surface area contributed by atoms with Gasteiger partial charge in [0.05, 0.1) is 18.1 Å². The van der Waals surface area contributed by atoms with E-state index in [4.69, 9.17) is 16.9 Å². The molecule has 0 aliphatic carbocycles. The Kier molecular flexibility index (Phi) is 6.93. The lowest BCUT2D eigenvalue weighted by molar-refractivity contribution is -0.131. The summed E-state index contributed by atoms with van der Waals surface area (Å²) in [6.07, 6.45) is 1.92. The Hall–Kier alpha value is -2.42. The minimum Gasteiger partial charge on any atom is -0.337 e. The summed E-state index contributed by atoms with van der Waals surface area (Å²) in [5.41, 5.74) is 2.45. The van der Waals surface area contributed by atoms with Crippen LogP contribution in [0.1, 0.15) is 16.7 Å². The first-order valence-corrected chi connectivity index (χ1v) is 8.37. The number of nitriles is 1. The number of nitrogens with zero attached hydrogens (tertiary/aromatic N) is 4. The summed E-state index contributed by atoms with van der Waals surface area (Å²) in [4.78, 5) is 20.6. The lowest BCUT2D eigenvalue weighted by Crippen LogP contribution is -2.37. The van der Waals surface area contributed by atoms with Gasteiger partial charge in [-0.1, -0.05) is 29.8 Å². The summed E-state index contributed by atoms with van der Waals surface area (Å²) in [5.74, 6) is 0.0373. The van der Waals surface area contributed by atoms with Crippen molar-refractivity contribution in [2.45, 2.75) is 13.0 Å². The second-order valence-electron chi connectivity index (χ2n) is 6.09. The molecule has 0 saturated carbocycles. The van der Waals surface area contributed by atoms with Gasteiger partial charge in [0.1, 0.15) is 5.15 Å². The molecule has 0 radical (unpaired) electrons. The van der Waals surface area contributed by atoms with Crippen LogP contribution >= 0.6 is 11.6 Å². The molecule has 130 valence electrons. The number of carbonyl (C=O) groups is 1. The highest BCUT2D eigenvalue weighted by molar-refractivity contribution is 6.29. The maximum atomic E-state index is 12.7. The van der Waals surface area contributed by atoms with Crippen molar-refractivity contribution in [2.75, 3.05) is 27.2 Å². The van der Waals surface area contributed by atoms with Crippen molar-refractivity contribution < 1.29 is 4.79 Å². The molecule has 1 heterocycles. The van der Waals surface area contributed by atoms with E-state index in [-0.39, 0.29) is 12.3 Å². The molecule has 5 nitrogen and oxygen atoms in total. The fourth-order valence-corrected chi connectivity index (χ4v) is 2.43. The predicted molar refractivity (Wildman–Crippen MR) is 98.1 cm³/mol. The van der Waals surface area contributed by atoms with Gasteiger partial charge < -0.3 is 9.80 Å². The summed E-state index contributed by atoms with van der Waals surface area (Å²) in [5, 5.41) is 9.31. The number of aromatic nitrogens is 1. The van der Waals surface area contributed by atoms with Gasteiger partial charge in [-0.3, -0.25) is 4.79 Å². The summed E-state index contributed by atoms with van der Waals surface area (Å²) < 4.78 is 0. The summed E-state index contributed by atoms with van der Waals surface area (Å²) >= 11 is 5.79. The van der Waals surface area contributed by atoms with E-state index in [9.17, 15) is 4.79 Å². The van der Waals surface area contributed by atoms with Crippen LogP contribution in [0.2, 0.25) is 5.15 Å². The Morgan fingerprint density at radius 1 is 1.12 bits per heavy atom. The Morgan fingerprint density at radius 3 is 2.36 bits per heavy atom. The van der Waals surface area contributed by atoms with Crippen molar-refractivity contribution in [1.82, 2.24) is 14.8 Å². The third kappa shape index (κ3) is 6.18. The first-order valence-electron chi connectivity index (χ1n) is 8.00. The number of hydrogen-bond acceptors (Lipinski definition) is 4. The molecule has 1 aromatic heterocycles. The molecule has 1 amide bonds. The van der Waals surface area contributed by atoms with Crippen molar-refractivity contribution in [1.29, 1.82) is 5.26 Å². The van der Waals surface area contributed by atoms with Crippen LogP contribution in [0.3, 0.4) is 0 Å². The zero-order valence-electron chi connectivity index (χ0n) is 14.4. The van der Waals surface area contributed by atoms with E-state index in [2.05, 4.69) is 11.1 Å². The van der Waals surface area contributed by atoms with E-state index >= 15 is 0 Å². The van der Waals surface area contributed by atoms with E-state index < -0.39 is 0 Å². The molecule has 0 fully saturated rings. The van der Waals surface area contributed by atoms with E-state index in [1.165, 1.54) is 0 Å². The highest BCUT2D eigenvalue weighted by Gasteiger charge is 2.15. The van der Waals surface area contributed by atoms with Crippen LogP contribution in [0.15, 0.2) is 42.6 Å². The minimum atomic E-state index is 0.0373. The average molecular weight is 357 g/mol. The topological polar surface area (TPSA) is 60.2 Å². The number of amides is 1. The van der Waals surface area contributed by atoms with Gasteiger partial charge in [0, 0.05) is 25.8 Å². The van der Waals surface area contributed by atoms with Crippen LogP contribution in [-0.2, 0) is 17.8 Å². The van der Waals surface area contributed by atoms with Gasteiger partial charge in [-0.15, -0.1) is 0 Å². The molecule has 0 unspecified atom stereocenters. The highest BCUT2D eigenvalue weighted by Crippen LogP contribution is 2.11. The molecule has 0 aliphatic rings. The molecule has 0 atom stereocenters. The maximum Gasteiger partial charge on any atom is 0.227 e. The zero-order valence-corrected chi connectivity index (χ0v) is 15.2. The Labute approximate surface area is 153 Å². The Balaban J connectivity index is 2.08. The van der Waals surface area contributed by atoms with E-state index in [1.54, 1.807) is 24.4 Å². The molecule has 2 rings (SSSR count). The molecule has 0 spiro atoms. The number of likely N-dealkylation sites (N-methyl/N-ethyl adjacent to an activating group) is 1. The second-order valence-corrected chi connectivity index (χ2v) is 6.48. The van der Waals surface area contributed by atoms with Gasteiger partial charge >= 0.3 is 0 Å². The summed E-state index contributed by atoms with van der Waals surface area (Å²) in [6.45, 7) is 1.92. The van der Waals surface area contributed by atoms with Crippen molar-refractivity contribution in [3.63, 3.8) is 0 Å². The van der Waals surface area contributed by atoms with Crippen molar-refractivity contribution in [3.05, 3.63) is 64.4 Å². The van der Waals surface area contributed by atoms with Crippen LogP contribution in [-0.4, -0.2) is 47.9 Å². The first-order chi connectivity index (χ1) is 12.0. The van der Waals surface area contributed by atoms with Gasteiger partial charge in [0.25, 0.3) is 0 Å². The monoisotopic (exact) mass is 356 g/mol. The Morgan fingerprint density at radius 2 is 1.80 bits per heavy atom. The molecular weight excluding hydrogens is 336 g/mol. The molecule has 0 saturated heterocycles. The van der Waals surface area contributed by atoms with Crippen LogP contribution < -0.4 is 0 Å². The first kappa shape index (κ1) is 18.9. The van der Waals surface area contributed by atoms with Crippen molar-refractivity contribution in [3.8, 4) is 6.07 Å². The van der Waals surface area contributed by atoms with Crippen LogP contribution in [0, 0.1) is 11.3 Å². The molecule has 0 N–H and O–H groups in total. The van der Waals surface area contributed by atoms with Crippen molar-refractivity contribution in [2.24, 2.45) is 0 Å². The van der Waals surface area contributed by atoms with Gasteiger partial charge in [-0.25, -0.2) is 4.98 Å². The number of carbonyl (C=O) groups excluding carboxylic acids is 1. The molecular formula is C19H21ClN4O. The predicted octanol–water partition coefficient (Wildman–Crippen LogP) is 2.74. The van der Waals surface area contributed by atoms with E-state index in [1.807, 2.05) is 42.1 Å². The van der Waals surface area contributed by atoms with Gasteiger partial charge in [-0.2, -0.15) is 5.26 Å². The quantitative estimate of drug-likeness (QED) is 0.716. The average Bonchev–Trinajstić information content (AvgIpc) is 2.60. The maximum absolute atomic E-state index is 12.7. The molecule has 0 bridgehead atoms. The largest absolute Gasteiger partial charge is 0.337 e. The lowest BCUT2D eigenvalue weighted by Gasteiger charge is -2.25. The SMILES string of the molecule is CN(C)CCN(Cc1ccc(C#N)cc1)C(=O)Cc1ccc(Cl)nc1. The molecule has 1 aromatic carbocycles. The molecule has 6 heteroatoms. The van der Waals surface area contributed by atoms with Crippen LogP contribution in [0.4, 0.5) is 0 Å². The second kappa shape index (κ2) is 9.16. The van der Waals surface area contributed by atoms with Crippen LogP contribution in [0.25, 0.3) is 0 Å². The number of pyridine rings is 1. The number of hydrogen-bond donors (Lipinski definition) is 0. The lowest BCUT2D eigenvalue weighted by atomic mass is 10.1. The standard InChI is InChI=1S/C19H21ClN4O/c1-23(2)9-10-24(14-16-5-3-15(12-21)4-6-16)19(25)11-17-7-8-18(20)22-13-17/h3-8,13H,9-11,14H2,1-2H3. The Bertz CT molecular complexity index is 736. The number of rotatable bonds is 7. The summed E-state index contributed by atoms with van der Waals surface area (Å²) in [7, 11) is 3.96. The third-order valence-corrected chi connectivity index (χ3v) is 3.99. The van der Waals surface area contributed by atoms with E-state index in [0.29, 0.717) is 23.8 Å². The zero-order chi connectivity index (χ0) is 18.2. The van der Waals surface area contributed by atoms with Crippen LogP contribution in [0.5, 0.6) is 0 Å². The fraction of sp³-hybridized carbons (Fsp3) is 0.316. The number of benzene rings is 1. The highest BCUT2D eigenvalue weighted by atomic mass is 35.5. The molecule has 2 aromatic rings. The third-order valence-electron chi connectivity index (χ3n) is 3.77. The van der Waals surface area contributed by atoms with Crippen molar-refractivity contribution >= 4 is 17.5 Å². The minimum absolute atomic E-state index is 0.0373. The van der Waals surface area contributed by atoms with E-state index in [0.717, 1.165) is 17.7 Å². The molecule has 0 aliphatic heterocycles. The van der Waals surface area contributed by atoms with Gasteiger partial charge in [-0.05, 0) is 43.4 Å². The number of halogens is 1. The fourth-order valence-electron chi connectivity index (χ4n) is 2.32. The smallest absolute Gasteiger partial charge is 0.227 e. The normalized spacial score (nSPS) is 10.5. The summed E-state index contributed by atoms with van der Waals surface area (Å²) in [6, 6.07) is 12.9. The van der Waals surface area contributed by atoms with Gasteiger partial charge in [0.15, 0.2) is 0 Å². The molecule has 25 heavy (non-hydrogen) atoms. The van der Waals surface area contributed by atoms with Gasteiger partial charge in [0.2, 0.25) is 5.91 Å².